The van der Waals surface area contributed by atoms with Gasteiger partial charge < -0.3 is 10.6 Å². The first kappa shape index (κ1) is 27.4. The zero-order valence-corrected chi connectivity index (χ0v) is 20.4. The van der Waals surface area contributed by atoms with Crippen LogP contribution in [0.4, 0.5) is 18.9 Å². The fraction of sp³-hybridized carbons (Fsp3) is 0.259. The number of hydrogen-bond acceptors (Lipinski definition) is 4. The van der Waals surface area contributed by atoms with Crippen molar-refractivity contribution < 1.29 is 27.6 Å². The summed E-state index contributed by atoms with van der Waals surface area (Å²) < 4.78 is 39.6. The fourth-order valence-electron chi connectivity index (χ4n) is 3.63. The van der Waals surface area contributed by atoms with E-state index in [1.54, 1.807) is 30.3 Å². The summed E-state index contributed by atoms with van der Waals surface area (Å²) in [6.45, 7) is 3.30. The van der Waals surface area contributed by atoms with Crippen molar-refractivity contribution in [2.75, 3.05) is 5.32 Å². The monoisotopic (exact) mass is 513 g/mol. The molecule has 1 atom stereocenters. The van der Waals surface area contributed by atoms with Gasteiger partial charge in [-0.3, -0.25) is 23.7 Å². The molecule has 2 aliphatic carbocycles. The molecule has 0 fully saturated rings. The Bertz CT molecular complexity index is 1350. The van der Waals surface area contributed by atoms with E-state index < -0.39 is 47.8 Å². The largest absolute Gasteiger partial charge is 0.452 e. The number of carbonyl (C=O) groups is 3. The van der Waals surface area contributed by atoms with Crippen LogP contribution in [0, 0.1) is 5.92 Å². The van der Waals surface area contributed by atoms with Crippen LogP contribution in [-0.4, -0.2) is 34.4 Å². The number of nitrogens with one attached hydrogen (secondary N) is 2. The molecule has 0 saturated carbocycles. The van der Waals surface area contributed by atoms with Crippen LogP contribution in [0.15, 0.2) is 71.5 Å². The normalized spacial score (nSPS) is 12.2. The number of benzene rings is 2. The first-order valence-corrected chi connectivity index (χ1v) is 11.5. The molecule has 2 aliphatic rings. The summed E-state index contributed by atoms with van der Waals surface area (Å²) in [5.74, 6) is -4.35. The molecule has 1 heterocycles. The fourth-order valence-corrected chi connectivity index (χ4v) is 3.63. The number of hydrogen-bond donors (Lipinski definition) is 2. The van der Waals surface area contributed by atoms with Gasteiger partial charge in [0.2, 0.25) is 11.8 Å². The number of halogens is 3. The second kappa shape index (κ2) is 11.2. The molecule has 0 saturated heterocycles. The molecule has 1 aromatic heterocycles. The van der Waals surface area contributed by atoms with Gasteiger partial charge in [-0.2, -0.15) is 13.2 Å². The molecule has 1 unspecified atom stereocenters. The number of aromatic nitrogens is 1. The van der Waals surface area contributed by atoms with Gasteiger partial charge in [0, 0.05) is 6.92 Å². The van der Waals surface area contributed by atoms with Gasteiger partial charge in [-0.15, -0.1) is 0 Å². The molecule has 37 heavy (non-hydrogen) atoms. The maximum Gasteiger partial charge on any atom is 0.452 e. The molecule has 4 rings (SSSR count). The van der Waals surface area contributed by atoms with E-state index >= 15 is 0 Å². The van der Waals surface area contributed by atoms with Crippen LogP contribution in [0.2, 0.25) is 0 Å². The van der Waals surface area contributed by atoms with Gasteiger partial charge >= 0.3 is 6.18 Å². The van der Waals surface area contributed by atoms with Crippen LogP contribution < -0.4 is 16.2 Å². The van der Waals surface area contributed by atoms with Gasteiger partial charge in [0.25, 0.3) is 11.3 Å². The molecule has 2 N–H and O–H groups in total. The van der Waals surface area contributed by atoms with Crippen LogP contribution in [0.3, 0.4) is 0 Å². The van der Waals surface area contributed by atoms with E-state index in [0.29, 0.717) is 11.3 Å². The third kappa shape index (κ3) is 7.16. The second-order valence-electron chi connectivity index (χ2n) is 8.80. The Morgan fingerprint density at radius 1 is 0.892 bits per heavy atom. The number of Topliss-reactive ketones (excluding diaryl/α,β-unsaturated/α-hetero) is 1. The minimum atomic E-state index is -5.11. The van der Waals surface area contributed by atoms with Crippen molar-refractivity contribution in [3.63, 3.8) is 0 Å². The Balaban J connectivity index is 0.000000542. The van der Waals surface area contributed by atoms with Crippen molar-refractivity contribution in [3.05, 3.63) is 77.1 Å². The lowest BCUT2D eigenvalue weighted by Gasteiger charge is -2.23. The summed E-state index contributed by atoms with van der Waals surface area (Å²) >= 11 is 0. The number of alkyl halides is 3. The molecule has 2 amide bonds. The average Bonchev–Trinajstić information content (AvgIpc) is 3.43. The molecule has 10 heteroatoms. The summed E-state index contributed by atoms with van der Waals surface area (Å²) in [5, 5.41) is 4.44. The van der Waals surface area contributed by atoms with Crippen molar-refractivity contribution in [2.45, 2.75) is 39.5 Å². The van der Waals surface area contributed by atoms with E-state index in [0.717, 1.165) is 4.57 Å². The van der Waals surface area contributed by atoms with Crippen LogP contribution in [-0.2, 0) is 20.9 Å². The zero-order chi connectivity index (χ0) is 27.3. The molecular weight excluding hydrogens is 487 g/mol. The molecule has 194 valence electrons. The standard InChI is InChI=1S/C21H22F3N3O4.C6H4/c1-12(2)18(19(30)21(22,23)24)26-17(29)11-27-16(14-7-5-4-6-8-14)10-9-15(20(27)31)25-13(3)28;1-2-5-4-6(5)3-1/h4-10,12,18H,11H2,1-3H3,(H,25,28)(H,26,29);1-4H. The number of anilines is 1. The van der Waals surface area contributed by atoms with E-state index in [9.17, 15) is 32.3 Å². The molecule has 0 bridgehead atoms. The lowest BCUT2D eigenvalue weighted by atomic mass is 9.99. The Morgan fingerprint density at radius 3 is 1.95 bits per heavy atom. The number of nitrogens with zero attached hydrogens (tertiary/aromatic N) is 1. The van der Waals surface area contributed by atoms with E-state index in [1.807, 2.05) is 0 Å². The van der Waals surface area contributed by atoms with E-state index in [-0.39, 0.29) is 5.69 Å². The van der Waals surface area contributed by atoms with Crippen molar-refractivity contribution in [1.29, 1.82) is 0 Å². The zero-order valence-electron chi connectivity index (χ0n) is 20.4. The summed E-state index contributed by atoms with van der Waals surface area (Å²) in [4.78, 5) is 48.4. The van der Waals surface area contributed by atoms with Crippen molar-refractivity contribution >= 4 is 23.3 Å². The maximum atomic E-state index is 12.9. The van der Waals surface area contributed by atoms with Gasteiger partial charge in [0.15, 0.2) is 0 Å². The lowest BCUT2D eigenvalue weighted by molar-refractivity contribution is -0.174. The number of fused-ring (bicyclic) bond motifs is 1. The molecule has 0 spiro atoms. The smallest absolute Gasteiger partial charge is 0.344 e. The Morgan fingerprint density at radius 2 is 1.49 bits per heavy atom. The number of rotatable bonds is 7. The number of carbonyl (C=O) groups excluding carboxylic acids is 3. The van der Waals surface area contributed by atoms with Crippen LogP contribution >= 0.6 is 0 Å². The first-order chi connectivity index (χ1) is 17.4. The molecule has 7 nitrogen and oxygen atoms in total. The highest BCUT2D eigenvalue weighted by Crippen LogP contribution is 2.32. The van der Waals surface area contributed by atoms with Crippen LogP contribution in [0.25, 0.3) is 22.4 Å². The Hall–Kier alpha value is -4.21. The minimum absolute atomic E-state index is 0.0910. The van der Waals surface area contributed by atoms with Gasteiger partial charge in [-0.1, -0.05) is 62.4 Å². The lowest BCUT2D eigenvalue weighted by Crippen LogP contribution is -2.50. The van der Waals surface area contributed by atoms with Crippen molar-refractivity contribution in [3.8, 4) is 22.4 Å². The minimum Gasteiger partial charge on any atom is -0.344 e. The second-order valence-corrected chi connectivity index (χ2v) is 8.80. The summed E-state index contributed by atoms with van der Waals surface area (Å²) in [6.07, 6.45) is -5.11. The van der Waals surface area contributed by atoms with Gasteiger partial charge in [-0.25, -0.2) is 0 Å². The molecular formula is C27H26F3N3O4. The predicted octanol–water partition coefficient (Wildman–Crippen LogP) is 4.41. The van der Waals surface area contributed by atoms with Gasteiger partial charge in [-0.05, 0) is 40.8 Å². The predicted molar refractivity (Wildman–Crippen MR) is 134 cm³/mol. The van der Waals surface area contributed by atoms with Crippen LogP contribution in [0.1, 0.15) is 20.8 Å². The molecule has 2 aromatic rings. The molecule has 0 radical (unpaired) electrons. The SMILES string of the molecule is CC(=O)Nc1ccc(-c2ccccc2)n(CC(=O)NC(C(=O)C(F)(F)F)C(C)C)c1=O.c1cc2cc-2c1. The molecule has 1 aromatic carbocycles. The summed E-state index contributed by atoms with van der Waals surface area (Å²) in [7, 11) is 0. The number of amides is 2. The van der Waals surface area contributed by atoms with Gasteiger partial charge in [0.05, 0.1) is 11.7 Å². The number of pyridine rings is 1. The quantitative estimate of drug-likeness (QED) is 0.383. The molecule has 0 aliphatic heterocycles. The highest BCUT2D eigenvalue weighted by Gasteiger charge is 2.45. The average molecular weight is 514 g/mol. The first-order valence-electron chi connectivity index (χ1n) is 11.5. The topological polar surface area (TPSA) is 97.3 Å². The van der Waals surface area contributed by atoms with E-state index in [2.05, 4.69) is 34.9 Å². The summed E-state index contributed by atoms with van der Waals surface area (Å²) in [6, 6.07) is 18.1. The third-order valence-electron chi connectivity index (χ3n) is 5.51. The Kier molecular flexibility index (Phi) is 8.31. The number of ketones is 1. The Labute approximate surface area is 211 Å². The third-order valence-corrected chi connectivity index (χ3v) is 5.51. The summed E-state index contributed by atoms with van der Waals surface area (Å²) in [5.41, 5.74) is 2.94. The van der Waals surface area contributed by atoms with Crippen LogP contribution in [0.5, 0.6) is 0 Å². The maximum absolute atomic E-state index is 12.9. The van der Waals surface area contributed by atoms with Gasteiger partial charge in [0.1, 0.15) is 12.2 Å². The van der Waals surface area contributed by atoms with E-state index in [4.69, 9.17) is 0 Å². The van der Waals surface area contributed by atoms with E-state index in [1.165, 1.54) is 44.0 Å². The highest BCUT2D eigenvalue weighted by atomic mass is 19.4. The van der Waals surface area contributed by atoms with Crippen molar-refractivity contribution in [1.82, 2.24) is 9.88 Å². The van der Waals surface area contributed by atoms with Crippen molar-refractivity contribution in [2.24, 2.45) is 5.92 Å². The highest BCUT2D eigenvalue weighted by molar-refractivity contribution is 5.93.